The molecule has 9 heteroatoms. The molecule has 0 aliphatic carbocycles. The van der Waals surface area contributed by atoms with Crippen LogP contribution in [0.15, 0.2) is 34.9 Å². The first-order valence-electron chi connectivity index (χ1n) is 6.36. The van der Waals surface area contributed by atoms with E-state index in [2.05, 4.69) is 14.7 Å². The summed E-state index contributed by atoms with van der Waals surface area (Å²) in [5.74, 6) is -2.83. The highest BCUT2D eigenvalue weighted by Gasteiger charge is 2.38. The molecule has 5 nitrogen and oxygen atoms in total. The first-order chi connectivity index (χ1) is 10.8. The van der Waals surface area contributed by atoms with E-state index in [-0.39, 0.29) is 29.4 Å². The number of carbonyl (C=O) groups excluding carboxylic acids is 1. The van der Waals surface area contributed by atoms with Gasteiger partial charge in [0, 0.05) is 11.6 Å². The van der Waals surface area contributed by atoms with Gasteiger partial charge in [-0.3, -0.25) is 0 Å². The fourth-order valence-electron chi connectivity index (χ4n) is 1.98. The van der Waals surface area contributed by atoms with E-state index in [1.807, 2.05) is 0 Å². The Labute approximate surface area is 126 Å². The van der Waals surface area contributed by atoms with Crippen molar-refractivity contribution in [1.82, 2.24) is 10.1 Å². The first kappa shape index (κ1) is 15.1. The molecule has 0 unspecified atom stereocenters. The molecule has 0 spiro atoms. The molecule has 2 aromatic rings. The monoisotopic (exact) mass is 326 g/mol. The van der Waals surface area contributed by atoms with Gasteiger partial charge in [0.15, 0.2) is 12.8 Å². The van der Waals surface area contributed by atoms with Crippen LogP contribution in [0.2, 0.25) is 0 Å². The number of hydrogen-bond donors (Lipinski definition) is 0. The van der Waals surface area contributed by atoms with Gasteiger partial charge in [0.1, 0.15) is 5.82 Å². The van der Waals surface area contributed by atoms with Crippen molar-refractivity contribution < 1.29 is 31.5 Å². The molecule has 0 bridgehead atoms. The molecule has 0 fully saturated rings. The van der Waals surface area contributed by atoms with Crippen LogP contribution in [-0.4, -0.2) is 26.8 Å². The van der Waals surface area contributed by atoms with Crippen LogP contribution < -0.4 is 0 Å². The summed E-state index contributed by atoms with van der Waals surface area (Å²) in [4.78, 5) is 14.6. The normalized spacial score (nSPS) is 14.4. The second-order valence-corrected chi connectivity index (χ2v) is 4.70. The lowest BCUT2D eigenvalue weighted by Crippen LogP contribution is -2.16. The summed E-state index contributed by atoms with van der Waals surface area (Å²) >= 11 is 0. The molecule has 1 amide bonds. The van der Waals surface area contributed by atoms with Crippen LogP contribution in [-0.2, 0) is 17.5 Å². The average molecular weight is 326 g/mol. The molecule has 118 valence electrons. The van der Waals surface area contributed by atoms with Crippen molar-refractivity contribution in [1.29, 1.82) is 0 Å². The topological polar surface area (TPSA) is 59.0 Å². The first-order valence-corrected chi connectivity index (χ1v) is 6.36. The maximum Gasteiger partial charge on any atom is 0.471 e. The second-order valence-electron chi connectivity index (χ2n) is 4.70. The van der Waals surface area contributed by atoms with Crippen LogP contribution in [0.5, 0.6) is 0 Å². The van der Waals surface area contributed by atoms with E-state index in [4.69, 9.17) is 0 Å². The number of amides is 1. The minimum absolute atomic E-state index is 0.0119. The van der Waals surface area contributed by atoms with E-state index < -0.39 is 17.9 Å². The van der Waals surface area contributed by atoms with E-state index in [0.717, 1.165) is 6.07 Å². The number of allylic oxidation sites excluding steroid dienone is 1. The molecular formula is C14H8F4N3O2+. The second kappa shape index (κ2) is 5.41. The molecule has 1 aromatic heterocycles. The SMILES string of the molecule is O=C1C=CC=[N+]1Cc1ccc(-c2noc(C(F)(F)F)n2)cc1F. The zero-order valence-electron chi connectivity index (χ0n) is 11.3. The molecule has 1 aliphatic rings. The average Bonchev–Trinajstić information content (AvgIpc) is 3.10. The standard InChI is InChI=1S/C14H8F4N3O2/c15-10-6-8(12-19-13(23-20-12)14(16,17)18)3-4-9(10)7-21-5-1-2-11(21)22/h1-6H,7H2/q+1. The molecule has 1 aliphatic heterocycles. The van der Waals surface area contributed by atoms with Gasteiger partial charge in [0.25, 0.3) is 0 Å². The van der Waals surface area contributed by atoms with Crippen LogP contribution in [0, 0.1) is 5.82 Å². The summed E-state index contributed by atoms with van der Waals surface area (Å²) in [6.07, 6.45) is -0.385. The molecule has 0 N–H and O–H groups in total. The maximum absolute atomic E-state index is 14.1. The predicted molar refractivity (Wildman–Crippen MR) is 68.9 cm³/mol. The molecule has 2 heterocycles. The van der Waals surface area contributed by atoms with Gasteiger partial charge in [-0.25, -0.2) is 9.18 Å². The number of benzene rings is 1. The lowest BCUT2D eigenvalue weighted by Gasteiger charge is -2.02. The summed E-state index contributed by atoms with van der Waals surface area (Å²) in [6, 6.07) is 3.71. The Balaban J connectivity index is 1.85. The van der Waals surface area contributed by atoms with Crippen LogP contribution >= 0.6 is 0 Å². The van der Waals surface area contributed by atoms with Gasteiger partial charge in [-0.1, -0.05) is 11.2 Å². The molecule has 0 saturated carbocycles. The number of halogens is 4. The number of aromatic nitrogens is 2. The largest absolute Gasteiger partial charge is 0.471 e. The van der Waals surface area contributed by atoms with Gasteiger partial charge < -0.3 is 4.52 Å². The minimum atomic E-state index is -4.76. The Morgan fingerprint density at radius 1 is 1.26 bits per heavy atom. The van der Waals surface area contributed by atoms with Crippen molar-refractivity contribution in [3.05, 3.63) is 47.6 Å². The highest BCUT2D eigenvalue weighted by atomic mass is 19.4. The zero-order valence-corrected chi connectivity index (χ0v) is 11.3. The van der Waals surface area contributed by atoms with Gasteiger partial charge in [-0.05, 0) is 12.1 Å². The van der Waals surface area contributed by atoms with Crippen molar-refractivity contribution in [2.75, 3.05) is 0 Å². The van der Waals surface area contributed by atoms with Crippen LogP contribution in [0.3, 0.4) is 0 Å². The molecule has 0 saturated heterocycles. The summed E-state index contributed by atoms with van der Waals surface area (Å²) in [6.45, 7) is 0.0119. The number of carbonyl (C=O) groups is 1. The maximum atomic E-state index is 14.1. The zero-order chi connectivity index (χ0) is 16.6. The molecule has 3 rings (SSSR count). The molecule has 23 heavy (non-hydrogen) atoms. The smallest absolute Gasteiger partial charge is 0.329 e. The van der Waals surface area contributed by atoms with E-state index in [1.165, 1.54) is 35.1 Å². The molecule has 1 aromatic carbocycles. The van der Waals surface area contributed by atoms with Crippen LogP contribution in [0.4, 0.5) is 17.6 Å². The Morgan fingerprint density at radius 3 is 2.61 bits per heavy atom. The van der Waals surface area contributed by atoms with E-state index >= 15 is 0 Å². The lowest BCUT2D eigenvalue weighted by molar-refractivity contribution is -0.452. The number of alkyl halides is 3. The molecule has 0 atom stereocenters. The van der Waals surface area contributed by atoms with Crippen molar-refractivity contribution in [3.63, 3.8) is 0 Å². The minimum Gasteiger partial charge on any atom is -0.329 e. The van der Waals surface area contributed by atoms with Crippen LogP contribution in [0.25, 0.3) is 11.4 Å². The van der Waals surface area contributed by atoms with Gasteiger partial charge in [0.2, 0.25) is 5.82 Å². The highest BCUT2D eigenvalue weighted by Crippen LogP contribution is 2.29. The Morgan fingerprint density at radius 2 is 2.04 bits per heavy atom. The van der Waals surface area contributed by atoms with Gasteiger partial charge in [-0.2, -0.15) is 22.7 Å². The third kappa shape index (κ3) is 3.03. The summed E-state index contributed by atoms with van der Waals surface area (Å²) in [5, 5.41) is 3.19. The third-order valence-corrected chi connectivity index (χ3v) is 3.11. The van der Waals surface area contributed by atoms with E-state index in [0.29, 0.717) is 0 Å². The summed E-state index contributed by atoms with van der Waals surface area (Å²) in [5.41, 5.74) is 0.252. The van der Waals surface area contributed by atoms with Crippen molar-refractivity contribution in [2.24, 2.45) is 0 Å². The molecular weight excluding hydrogens is 318 g/mol. The number of rotatable bonds is 3. The molecule has 0 radical (unpaired) electrons. The summed E-state index contributed by atoms with van der Waals surface area (Å²) < 4.78 is 56.7. The third-order valence-electron chi connectivity index (χ3n) is 3.11. The Bertz CT molecular complexity index is 837. The van der Waals surface area contributed by atoms with E-state index in [9.17, 15) is 22.4 Å². The van der Waals surface area contributed by atoms with Gasteiger partial charge >= 0.3 is 18.0 Å². The van der Waals surface area contributed by atoms with Crippen molar-refractivity contribution in [2.45, 2.75) is 12.7 Å². The van der Waals surface area contributed by atoms with E-state index in [1.54, 1.807) is 0 Å². The number of hydrogen-bond acceptors (Lipinski definition) is 4. The lowest BCUT2D eigenvalue weighted by atomic mass is 10.1. The number of nitrogens with zero attached hydrogens (tertiary/aromatic N) is 3. The summed E-state index contributed by atoms with van der Waals surface area (Å²) in [7, 11) is 0. The van der Waals surface area contributed by atoms with Gasteiger partial charge in [-0.15, -0.1) is 0 Å². The van der Waals surface area contributed by atoms with Gasteiger partial charge in [0.05, 0.1) is 11.6 Å². The Kier molecular flexibility index (Phi) is 3.55. The van der Waals surface area contributed by atoms with Crippen LogP contribution in [0.1, 0.15) is 11.5 Å². The highest BCUT2D eigenvalue weighted by molar-refractivity contribution is 5.93. The van der Waals surface area contributed by atoms with Crippen molar-refractivity contribution >= 4 is 12.1 Å². The quantitative estimate of drug-likeness (QED) is 0.642. The predicted octanol–water partition coefficient (Wildman–Crippen LogP) is 2.57. The van der Waals surface area contributed by atoms with Crippen molar-refractivity contribution in [3.8, 4) is 11.4 Å². The fourth-order valence-corrected chi connectivity index (χ4v) is 1.98. The fraction of sp³-hybridized carbons (Fsp3) is 0.143. The Hall–Kier alpha value is -2.84.